The Morgan fingerprint density at radius 1 is 0.973 bits per heavy atom. The van der Waals surface area contributed by atoms with Crippen LogP contribution in [0.1, 0.15) is 6.42 Å². The van der Waals surface area contributed by atoms with Gasteiger partial charge in [-0.25, -0.2) is 4.98 Å². The van der Waals surface area contributed by atoms with Crippen molar-refractivity contribution in [2.75, 3.05) is 13.2 Å². The van der Waals surface area contributed by atoms with Crippen LogP contribution in [-0.4, -0.2) is 66.9 Å². The second-order valence-corrected chi connectivity index (χ2v) is 9.36. The Labute approximate surface area is 217 Å². The highest BCUT2D eigenvalue weighted by Crippen LogP contribution is 2.32. The fourth-order valence-corrected chi connectivity index (χ4v) is 4.74. The van der Waals surface area contributed by atoms with Crippen LogP contribution in [0.25, 0.3) is 44.8 Å². The molecule has 37 heavy (non-hydrogen) atoms. The van der Waals surface area contributed by atoms with Crippen molar-refractivity contribution in [3.63, 3.8) is 0 Å². The summed E-state index contributed by atoms with van der Waals surface area (Å²) in [4.78, 5) is 12.2. The van der Waals surface area contributed by atoms with Gasteiger partial charge in [0.2, 0.25) is 0 Å². The molecule has 1 aliphatic heterocycles. The molecule has 1 saturated heterocycles. The normalized spacial score (nSPS) is 19.8. The van der Waals surface area contributed by atoms with E-state index in [9.17, 15) is 10.2 Å². The Kier molecular flexibility index (Phi) is 6.35. The van der Waals surface area contributed by atoms with Crippen molar-refractivity contribution in [1.82, 2.24) is 25.1 Å². The highest BCUT2D eigenvalue weighted by molar-refractivity contribution is 6.33. The molecule has 3 aromatic heterocycles. The van der Waals surface area contributed by atoms with Gasteiger partial charge in [-0.05, 0) is 28.8 Å². The minimum atomic E-state index is -0.801. The summed E-state index contributed by atoms with van der Waals surface area (Å²) in [5, 5.41) is 26.8. The molecule has 9 nitrogen and oxygen atoms in total. The number of H-pyrrole nitrogens is 2. The number of halogens is 1. The molecule has 0 bridgehead atoms. The maximum Gasteiger partial charge on any atom is 0.296 e. The summed E-state index contributed by atoms with van der Waals surface area (Å²) in [5.41, 5.74) is 6.83. The largest absolute Gasteiger partial charge is 0.459 e. The first-order valence-electron chi connectivity index (χ1n) is 11.9. The summed E-state index contributed by atoms with van der Waals surface area (Å²) in [6.07, 6.45) is 0.283. The molecule has 4 N–H and O–H groups in total. The molecule has 5 aromatic rings. The Bertz CT molecular complexity index is 1500. The third-order valence-electron chi connectivity index (χ3n) is 6.48. The van der Waals surface area contributed by atoms with E-state index in [1.165, 1.54) is 0 Å². The van der Waals surface area contributed by atoms with E-state index >= 15 is 0 Å². The van der Waals surface area contributed by atoms with E-state index < -0.39 is 18.3 Å². The second kappa shape index (κ2) is 9.95. The number of aliphatic hydroxyl groups is 2. The first-order chi connectivity index (χ1) is 18.1. The zero-order valence-corrected chi connectivity index (χ0v) is 20.4. The van der Waals surface area contributed by atoms with Gasteiger partial charge in [-0.1, -0.05) is 60.1 Å². The van der Waals surface area contributed by atoms with Gasteiger partial charge in [-0.15, -0.1) is 0 Å². The second-order valence-electron chi connectivity index (χ2n) is 8.95. The van der Waals surface area contributed by atoms with Crippen molar-refractivity contribution in [2.45, 2.75) is 24.7 Å². The summed E-state index contributed by atoms with van der Waals surface area (Å²) in [6, 6.07) is 20.3. The van der Waals surface area contributed by atoms with Crippen molar-refractivity contribution in [2.24, 2.45) is 0 Å². The fourth-order valence-electron chi connectivity index (χ4n) is 4.48. The van der Waals surface area contributed by atoms with Crippen LogP contribution in [0.3, 0.4) is 0 Å². The summed E-state index contributed by atoms with van der Waals surface area (Å²) >= 11 is 6.58. The van der Waals surface area contributed by atoms with Gasteiger partial charge in [0.05, 0.1) is 41.2 Å². The molecular weight excluding hydrogens is 494 g/mol. The fraction of sp³-hybridized carbons (Fsp3) is 0.222. The van der Waals surface area contributed by atoms with Crippen LogP contribution in [0.5, 0.6) is 6.01 Å². The molecule has 3 atom stereocenters. The molecule has 1 aliphatic rings. The third kappa shape index (κ3) is 4.82. The van der Waals surface area contributed by atoms with Crippen molar-refractivity contribution in [3.05, 3.63) is 71.9 Å². The van der Waals surface area contributed by atoms with E-state index in [1.807, 2.05) is 30.3 Å². The van der Waals surface area contributed by atoms with Gasteiger partial charge in [0.15, 0.2) is 5.65 Å². The first-order valence-corrected chi connectivity index (χ1v) is 12.3. The van der Waals surface area contributed by atoms with E-state index in [0.29, 0.717) is 28.3 Å². The predicted molar refractivity (Wildman–Crippen MR) is 139 cm³/mol. The number of nitrogens with one attached hydrogen (secondary N) is 2. The number of aromatic amines is 2. The lowest BCUT2D eigenvalue weighted by Crippen LogP contribution is -2.45. The first kappa shape index (κ1) is 23.6. The minimum Gasteiger partial charge on any atom is -0.459 e. The average Bonchev–Trinajstić information content (AvgIpc) is 3.59. The summed E-state index contributed by atoms with van der Waals surface area (Å²) in [5.74, 6) is 0. The van der Waals surface area contributed by atoms with Crippen LogP contribution in [0.4, 0.5) is 0 Å². The van der Waals surface area contributed by atoms with Gasteiger partial charge in [0, 0.05) is 18.2 Å². The molecule has 1 fully saturated rings. The van der Waals surface area contributed by atoms with Gasteiger partial charge < -0.3 is 24.7 Å². The van der Waals surface area contributed by atoms with Gasteiger partial charge in [0.25, 0.3) is 6.01 Å². The van der Waals surface area contributed by atoms with Crippen LogP contribution >= 0.6 is 11.6 Å². The van der Waals surface area contributed by atoms with Crippen LogP contribution in [0, 0.1) is 0 Å². The lowest BCUT2D eigenvalue weighted by Gasteiger charge is -2.31. The molecule has 2 aromatic carbocycles. The quantitative estimate of drug-likeness (QED) is 0.265. The molecular formula is C27H24ClN5O4. The van der Waals surface area contributed by atoms with Crippen molar-refractivity contribution >= 4 is 22.8 Å². The maximum absolute atomic E-state index is 10.1. The number of hydrogen-bond donors (Lipinski definition) is 4. The monoisotopic (exact) mass is 517 g/mol. The summed E-state index contributed by atoms with van der Waals surface area (Å²) in [7, 11) is 0. The summed E-state index contributed by atoms with van der Waals surface area (Å²) in [6.45, 7) is 0.0139. The van der Waals surface area contributed by atoms with E-state index in [0.717, 1.165) is 27.9 Å². The van der Waals surface area contributed by atoms with E-state index in [-0.39, 0.29) is 19.2 Å². The standard InChI is InChI=1S/C27H24ClN5O4/c28-20-12-22-26(32-27(30-22)37-19-11-23(35)24(13-34)36-14-19)31-25(20)18-7-3-16(4-8-18)15-1-5-17(6-2-15)21-9-10-29-33-21/h1-10,12,19,23-24,34-35H,11,13-14H2,(H,29,33)(H,30,31,32)/t19-,23+,24-/m1/s1. The Morgan fingerprint density at radius 2 is 1.68 bits per heavy atom. The highest BCUT2D eigenvalue weighted by atomic mass is 35.5. The number of fused-ring (bicyclic) bond motifs is 1. The van der Waals surface area contributed by atoms with Gasteiger partial charge >= 0.3 is 0 Å². The van der Waals surface area contributed by atoms with Crippen molar-refractivity contribution in [3.8, 4) is 39.7 Å². The number of imidazole rings is 1. The number of aromatic nitrogens is 5. The predicted octanol–water partition coefficient (Wildman–Crippen LogP) is 4.22. The Balaban J connectivity index is 1.20. The topological polar surface area (TPSA) is 129 Å². The number of hydrogen-bond acceptors (Lipinski definition) is 7. The molecule has 0 radical (unpaired) electrons. The maximum atomic E-state index is 10.1. The molecule has 0 aliphatic carbocycles. The van der Waals surface area contributed by atoms with E-state index in [1.54, 1.807) is 12.3 Å². The molecule has 0 spiro atoms. The molecule has 188 valence electrons. The third-order valence-corrected chi connectivity index (χ3v) is 6.77. The lowest BCUT2D eigenvalue weighted by molar-refractivity contribution is -0.131. The minimum absolute atomic E-state index is 0.233. The summed E-state index contributed by atoms with van der Waals surface area (Å²) < 4.78 is 11.3. The SMILES string of the molecule is OC[C@H]1OC[C@H](Oc2nc3nc(-c4ccc(-c5ccc(-c6ccn[nH]6)cc5)cc4)c(Cl)cc3[nH]2)C[C@@H]1O. The molecule has 0 saturated carbocycles. The van der Waals surface area contributed by atoms with E-state index in [4.69, 9.17) is 21.1 Å². The number of ether oxygens (including phenoxy) is 2. The average molecular weight is 518 g/mol. The Morgan fingerprint density at radius 3 is 2.32 bits per heavy atom. The highest BCUT2D eigenvalue weighted by Gasteiger charge is 2.31. The number of benzene rings is 2. The van der Waals surface area contributed by atoms with Crippen molar-refractivity contribution < 1.29 is 19.7 Å². The van der Waals surface area contributed by atoms with Crippen molar-refractivity contribution in [1.29, 1.82) is 0 Å². The number of aliphatic hydroxyl groups excluding tert-OH is 2. The lowest BCUT2D eigenvalue weighted by atomic mass is 10.0. The number of pyridine rings is 1. The molecule has 6 rings (SSSR count). The van der Waals surface area contributed by atoms with Crippen LogP contribution in [0.15, 0.2) is 66.9 Å². The molecule has 0 unspecified atom stereocenters. The zero-order chi connectivity index (χ0) is 25.4. The molecule has 10 heteroatoms. The van der Waals surface area contributed by atoms with E-state index in [2.05, 4.69) is 49.4 Å². The van der Waals surface area contributed by atoms with Crippen LogP contribution in [-0.2, 0) is 4.74 Å². The molecule has 0 amide bonds. The Hall–Kier alpha value is -3.76. The zero-order valence-electron chi connectivity index (χ0n) is 19.6. The van der Waals surface area contributed by atoms with Crippen LogP contribution < -0.4 is 4.74 Å². The molecule has 4 heterocycles. The number of nitrogens with zero attached hydrogens (tertiary/aromatic N) is 3. The van der Waals surface area contributed by atoms with Gasteiger partial charge in [-0.2, -0.15) is 10.1 Å². The smallest absolute Gasteiger partial charge is 0.296 e. The number of rotatable bonds is 6. The van der Waals surface area contributed by atoms with Crippen LogP contribution in [0.2, 0.25) is 5.02 Å². The van der Waals surface area contributed by atoms with Gasteiger partial charge in [0.1, 0.15) is 12.2 Å². The van der Waals surface area contributed by atoms with Gasteiger partial charge in [-0.3, -0.25) is 5.10 Å².